The molecule has 3 heterocycles. The summed E-state index contributed by atoms with van der Waals surface area (Å²) in [5.74, 6) is -1.64. The second-order valence-corrected chi connectivity index (χ2v) is 8.50. The van der Waals surface area contributed by atoms with Crippen LogP contribution in [0, 0.1) is 5.82 Å². The molecule has 3 aromatic heterocycles. The molecule has 7 nitrogen and oxygen atoms in total. The van der Waals surface area contributed by atoms with Gasteiger partial charge in [0.05, 0.1) is 12.2 Å². The Labute approximate surface area is 213 Å². The molecule has 0 bridgehead atoms. The van der Waals surface area contributed by atoms with Gasteiger partial charge in [-0.05, 0) is 55.0 Å². The number of halogens is 4. The minimum absolute atomic E-state index is 0.0531. The highest BCUT2D eigenvalue weighted by Gasteiger charge is 2.31. The summed E-state index contributed by atoms with van der Waals surface area (Å²) in [6.07, 6.45) is -1.46. The Morgan fingerprint density at radius 3 is 2.61 bits per heavy atom. The summed E-state index contributed by atoms with van der Waals surface area (Å²) >= 11 is 0. The number of benzene rings is 2. The van der Waals surface area contributed by atoms with Crippen LogP contribution in [0.15, 0.2) is 73.1 Å². The SMILES string of the molecule is CCOC(=O)c1cn2ccc(NC(=O)c3cc4cc(C(F)(F)F)ccc4n3Cc3cccc(F)c3)cc2n1. The number of ether oxygens (including phenoxy) is 1. The molecule has 0 radical (unpaired) electrons. The maximum atomic E-state index is 13.8. The molecule has 0 spiro atoms. The number of amides is 1. The van der Waals surface area contributed by atoms with Crippen LogP contribution in [-0.4, -0.2) is 32.4 Å². The van der Waals surface area contributed by atoms with Crippen molar-refractivity contribution >= 4 is 34.1 Å². The molecule has 0 aliphatic carbocycles. The van der Waals surface area contributed by atoms with Crippen molar-refractivity contribution in [2.75, 3.05) is 11.9 Å². The Kier molecular flexibility index (Phi) is 6.35. The Morgan fingerprint density at radius 2 is 1.87 bits per heavy atom. The number of hydrogen-bond donors (Lipinski definition) is 1. The first-order chi connectivity index (χ1) is 18.1. The maximum absolute atomic E-state index is 13.8. The van der Waals surface area contributed by atoms with Gasteiger partial charge in [0.15, 0.2) is 5.69 Å². The summed E-state index contributed by atoms with van der Waals surface area (Å²) in [6.45, 7) is 1.93. The number of carbonyl (C=O) groups excluding carboxylic acids is 2. The molecule has 1 N–H and O–H groups in total. The number of anilines is 1. The fourth-order valence-corrected chi connectivity index (χ4v) is 4.18. The van der Waals surface area contributed by atoms with Crippen LogP contribution in [0.5, 0.6) is 0 Å². The van der Waals surface area contributed by atoms with Crippen LogP contribution >= 0.6 is 0 Å². The van der Waals surface area contributed by atoms with Gasteiger partial charge in [0, 0.05) is 41.6 Å². The van der Waals surface area contributed by atoms with Gasteiger partial charge >= 0.3 is 12.1 Å². The number of imidazole rings is 1. The van der Waals surface area contributed by atoms with Gasteiger partial charge in [0.25, 0.3) is 5.91 Å². The number of carbonyl (C=O) groups is 2. The third kappa shape index (κ3) is 4.95. The summed E-state index contributed by atoms with van der Waals surface area (Å²) in [4.78, 5) is 29.5. The fraction of sp³-hybridized carbons (Fsp3) is 0.148. The lowest BCUT2D eigenvalue weighted by molar-refractivity contribution is -0.137. The monoisotopic (exact) mass is 524 g/mol. The summed E-state index contributed by atoms with van der Waals surface area (Å²) < 4.78 is 61.8. The summed E-state index contributed by atoms with van der Waals surface area (Å²) in [6, 6.07) is 13.5. The minimum atomic E-state index is -4.55. The second-order valence-electron chi connectivity index (χ2n) is 8.50. The highest BCUT2D eigenvalue weighted by Crippen LogP contribution is 2.33. The number of pyridine rings is 1. The van der Waals surface area contributed by atoms with Gasteiger partial charge in [-0.15, -0.1) is 0 Å². The van der Waals surface area contributed by atoms with E-state index in [-0.39, 0.29) is 29.9 Å². The summed E-state index contributed by atoms with van der Waals surface area (Å²) in [5.41, 5.74) is 0.979. The molecule has 0 unspecified atom stereocenters. The first-order valence-corrected chi connectivity index (χ1v) is 11.5. The van der Waals surface area contributed by atoms with E-state index in [0.717, 1.165) is 12.1 Å². The zero-order valence-corrected chi connectivity index (χ0v) is 19.9. The lowest BCUT2D eigenvalue weighted by Crippen LogP contribution is -2.17. The van der Waals surface area contributed by atoms with Crippen molar-refractivity contribution in [2.24, 2.45) is 0 Å². The number of fused-ring (bicyclic) bond motifs is 2. The third-order valence-electron chi connectivity index (χ3n) is 5.89. The molecule has 38 heavy (non-hydrogen) atoms. The first kappa shape index (κ1) is 25.0. The van der Waals surface area contributed by atoms with E-state index in [0.29, 0.717) is 22.4 Å². The molecule has 0 aliphatic heterocycles. The van der Waals surface area contributed by atoms with Crippen LogP contribution in [0.3, 0.4) is 0 Å². The highest BCUT2D eigenvalue weighted by atomic mass is 19.4. The van der Waals surface area contributed by atoms with E-state index < -0.39 is 29.4 Å². The molecule has 11 heteroatoms. The molecule has 0 fully saturated rings. The Balaban J connectivity index is 1.51. The molecular weight excluding hydrogens is 504 g/mol. The quantitative estimate of drug-likeness (QED) is 0.221. The standard InChI is InChI=1S/C27H20F4N4O3/c1-2-38-26(37)21-15-34-9-8-20(13-24(34)33-21)32-25(36)23-12-17-11-18(27(29,30)31)6-7-22(17)35(23)14-16-4-3-5-19(28)10-16/h3-13,15H,2,14H2,1H3,(H,32,36). The number of nitrogens with one attached hydrogen (secondary N) is 1. The molecule has 5 aromatic rings. The molecule has 194 valence electrons. The van der Waals surface area contributed by atoms with Gasteiger partial charge in [-0.25, -0.2) is 14.2 Å². The smallest absolute Gasteiger partial charge is 0.416 e. The average Bonchev–Trinajstić information content (AvgIpc) is 3.45. The van der Waals surface area contributed by atoms with Crippen LogP contribution in [0.1, 0.15) is 39.0 Å². The molecule has 2 aromatic carbocycles. The van der Waals surface area contributed by atoms with Crippen LogP contribution in [-0.2, 0) is 17.5 Å². The Hall–Kier alpha value is -4.67. The number of nitrogens with zero attached hydrogens (tertiary/aromatic N) is 3. The maximum Gasteiger partial charge on any atom is 0.416 e. The van der Waals surface area contributed by atoms with E-state index in [2.05, 4.69) is 10.3 Å². The van der Waals surface area contributed by atoms with Gasteiger partial charge < -0.3 is 19.0 Å². The van der Waals surface area contributed by atoms with Gasteiger partial charge in [-0.1, -0.05) is 12.1 Å². The zero-order valence-electron chi connectivity index (χ0n) is 19.9. The number of esters is 1. The van der Waals surface area contributed by atoms with Gasteiger partial charge in [0.2, 0.25) is 0 Å². The van der Waals surface area contributed by atoms with Crippen molar-refractivity contribution in [2.45, 2.75) is 19.6 Å². The van der Waals surface area contributed by atoms with E-state index in [1.54, 1.807) is 35.7 Å². The largest absolute Gasteiger partial charge is 0.461 e. The number of aromatic nitrogens is 3. The van der Waals surface area contributed by atoms with Crippen molar-refractivity contribution in [3.63, 3.8) is 0 Å². The van der Waals surface area contributed by atoms with Crippen LogP contribution in [0.25, 0.3) is 16.6 Å². The third-order valence-corrected chi connectivity index (χ3v) is 5.89. The summed E-state index contributed by atoms with van der Waals surface area (Å²) in [7, 11) is 0. The van der Waals surface area contributed by atoms with Crippen molar-refractivity contribution in [3.05, 3.63) is 101 Å². The van der Waals surface area contributed by atoms with E-state index in [1.807, 2.05) is 0 Å². The predicted molar refractivity (Wildman–Crippen MR) is 132 cm³/mol. The van der Waals surface area contributed by atoms with Gasteiger partial charge in [0.1, 0.15) is 17.2 Å². The van der Waals surface area contributed by atoms with Crippen molar-refractivity contribution in [1.82, 2.24) is 14.0 Å². The molecular formula is C27H20F4N4O3. The zero-order chi connectivity index (χ0) is 27.0. The molecule has 0 saturated carbocycles. The summed E-state index contributed by atoms with van der Waals surface area (Å²) in [5, 5.41) is 2.94. The van der Waals surface area contributed by atoms with E-state index in [4.69, 9.17) is 4.74 Å². The second kappa shape index (κ2) is 9.66. The molecule has 1 amide bonds. The normalized spacial score (nSPS) is 11.7. The van der Waals surface area contributed by atoms with Crippen molar-refractivity contribution in [1.29, 1.82) is 0 Å². The first-order valence-electron chi connectivity index (χ1n) is 11.5. The van der Waals surface area contributed by atoms with E-state index >= 15 is 0 Å². The fourth-order valence-electron chi connectivity index (χ4n) is 4.18. The predicted octanol–water partition coefficient (Wildman–Crippen LogP) is 5.92. The van der Waals surface area contributed by atoms with Crippen LogP contribution in [0.4, 0.5) is 23.2 Å². The average molecular weight is 524 g/mol. The van der Waals surface area contributed by atoms with Crippen LogP contribution in [0.2, 0.25) is 0 Å². The Bertz CT molecular complexity index is 1690. The molecule has 0 aliphatic rings. The molecule has 0 saturated heterocycles. The van der Waals surface area contributed by atoms with Gasteiger partial charge in [-0.2, -0.15) is 13.2 Å². The van der Waals surface area contributed by atoms with Crippen molar-refractivity contribution < 1.29 is 31.9 Å². The number of alkyl halides is 3. The lowest BCUT2D eigenvalue weighted by atomic mass is 10.1. The highest BCUT2D eigenvalue weighted by molar-refractivity contribution is 6.06. The van der Waals surface area contributed by atoms with Crippen molar-refractivity contribution in [3.8, 4) is 0 Å². The number of hydrogen-bond acceptors (Lipinski definition) is 4. The van der Waals surface area contributed by atoms with Crippen LogP contribution < -0.4 is 5.32 Å². The van der Waals surface area contributed by atoms with E-state index in [9.17, 15) is 27.2 Å². The Morgan fingerprint density at radius 1 is 1.05 bits per heavy atom. The minimum Gasteiger partial charge on any atom is -0.461 e. The lowest BCUT2D eigenvalue weighted by Gasteiger charge is -2.12. The molecule has 5 rings (SSSR count). The van der Waals surface area contributed by atoms with E-state index in [1.165, 1.54) is 41.1 Å². The van der Waals surface area contributed by atoms with Gasteiger partial charge in [-0.3, -0.25) is 4.79 Å². The molecule has 0 atom stereocenters. The topological polar surface area (TPSA) is 77.6 Å². The number of rotatable bonds is 6.